The zero-order valence-corrected chi connectivity index (χ0v) is 8.47. The van der Waals surface area contributed by atoms with Crippen LogP contribution in [0.25, 0.3) is 0 Å². The summed E-state index contributed by atoms with van der Waals surface area (Å²) < 4.78 is 15.2. The lowest BCUT2D eigenvalue weighted by Crippen LogP contribution is -1.84. The van der Waals surface area contributed by atoms with Crippen molar-refractivity contribution in [2.24, 2.45) is 0 Å². The molecule has 0 aromatic heterocycles. The normalized spacial score (nSPS) is 12.8. The van der Waals surface area contributed by atoms with E-state index in [2.05, 4.69) is 0 Å². The molecule has 66 valence electrons. The van der Waals surface area contributed by atoms with Crippen LogP contribution in [0.2, 0.25) is 0 Å². The highest BCUT2D eigenvalue weighted by atomic mass is 35.7. The summed E-state index contributed by atoms with van der Waals surface area (Å²) in [6.07, 6.45) is 0. The van der Waals surface area contributed by atoms with Crippen LogP contribution >= 0.6 is 18.6 Å². The molecule has 0 fully saturated rings. The number of halogens is 1. The van der Waals surface area contributed by atoms with Crippen LogP contribution in [0.1, 0.15) is 11.1 Å². The average molecular weight is 205 g/mol. The molecule has 1 rings (SSSR count). The second-order valence-corrected chi connectivity index (χ2v) is 4.20. The van der Waals surface area contributed by atoms with E-state index in [1.165, 1.54) is 5.56 Å². The summed E-state index contributed by atoms with van der Waals surface area (Å²) >= 11 is 5.18. The second-order valence-electron chi connectivity index (χ2n) is 2.51. The Kier molecular flexibility index (Phi) is 3.80. The Morgan fingerprint density at radius 2 is 2.00 bits per heavy atom. The summed E-state index contributed by atoms with van der Waals surface area (Å²) in [5.41, 5.74) is 2.18. The van der Waals surface area contributed by atoms with Gasteiger partial charge in [0.15, 0.2) is 0 Å². The largest absolute Gasteiger partial charge is 0.315 e. The minimum absolute atomic E-state index is 0.321. The monoisotopic (exact) mass is 204 g/mol. The molecule has 0 spiro atoms. The predicted octanol–water partition coefficient (Wildman–Crippen LogP) is 3.14. The number of rotatable bonds is 3. The molecule has 4 heteroatoms. The van der Waals surface area contributed by atoms with Crippen molar-refractivity contribution in [1.29, 1.82) is 0 Å². The first kappa shape index (κ1) is 9.79. The Balaban J connectivity index is 2.53. The third-order valence-electron chi connectivity index (χ3n) is 1.47. The van der Waals surface area contributed by atoms with E-state index in [1.807, 2.05) is 31.2 Å². The molecule has 0 aliphatic carbocycles. The lowest BCUT2D eigenvalue weighted by atomic mass is 10.2. The quantitative estimate of drug-likeness (QED) is 0.707. The highest BCUT2D eigenvalue weighted by Crippen LogP contribution is 2.28. The van der Waals surface area contributed by atoms with Gasteiger partial charge in [-0.1, -0.05) is 29.8 Å². The molecule has 0 radical (unpaired) electrons. The minimum Gasteiger partial charge on any atom is -0.315 e. The van der Waals surface area contributed by atoms with Crippen molar-refractivity contribution in [3.8, 4) is 0 Å². The zero-order valence-electron chi connectivity index (χ0n) is 6.71. The maximum absolute atomic E-state index is 10.4. The van der Waals surface area contributed by atoms with Gasteiger partial charge in [-0.3, -0.25) is 4.57 Å². The van der Waals surface area contributed by atoms with Crippen molar-refractivity contribution in [1.82, 2.24) is 0 Å². The maximum Gasteiger partial charge on any atom is 0.279 e. The lowest BCUT2D eigenvalue weighted by molar-refractivity contribution is 0.328. The molecule has 0 heterocycles. The maximum atomic E-state index is 10.4. The molecule has 2 nitrogen and oxygen atoms in total. The van der Waals surface area contributed by atoms with Gasteiger partial charge in [-0.25, -0.2) is 0 Å². The van der Waals surface area contributed by atoms with Crippen molar-refractivity contribution >= 4 is 18.6 Å². The van der Waals surface area contributed by atoms with Crippen LogP contribution in [0.5, 0.6) is 0 Å². The number of benzene rings is 1. The van der Waals surface area contributed by atoms with E-state index in [4.69, 9.17) is 15.8 Å². The SMILES string of the molecule is Cc1ccc(CO[PH](=O)Cl)cc1. The molecule has 0 bridgehead atoms. The predicted molar refractivity (Wildman–Crippen MR) is 50.8 cm³/mol. The van der Waals surface area contributed by atoms with E-state index < -0.39 is 7.38 Å². The first-order valence-corrected chi connectivity index (χ1v) is 5.89. The summed E-state index contributed by atoms with van der Waals surface area (Å²) in [6, 6.07) is 7.81. The van der Waals surface area contributed by atoms with Crippen LogP contribution in [-0.4, -0.2) is 0 Å². The van der Waals surface area contributed by atoms with Gasteiger partial charge in [0.05, 0.1) is 6.61 Å². The van der Waals surface area contributed by atoms with Crippen LogP contribution in [0.4, 0.5) is 0 Å². The smallest absolute Gasteiger partial charge is 0.279 e. The van der Waals surface area contributed by atoms with Gasteiger partial charge in [0.25, 0.3) is 7.38 Å². The number of hydrogen-bond acceptors (Lipinski definition) is 2. The highest BCUT2D eigenvalue weighted by molar-refractivity contribution is 7.69. The van der Waals surface area contributed by atoms with Gasteiger partial charge >= 0.3 is 0 Å². The zero-order chi connectivity index (χ0) is 8.97. The molecule has 0 saturated heterocycles. The van der Waals surface area contributed by atoms with Crippen LogP contribution in [0.3, 0.4) is 0 Å². The number of hydrogen-bond donors (Lipinski definition) is 0. The second kappa shape index (κ2) is 4.66. The summed E-state index contributed by atoms with van der Waals surface area (Å²) in [6.45, 7) is 2.33. The first-order chi connectivity index (χ1) is 5.68. The van der Waals surface area contributed by atoms with Crippen LogP contribution in [0, 0.1) is 6.92 Å². The summed E-state index contributed by atoms with van der Waals surface area (Å²) in [5, 5.41) is 0. The topological polar surface area (TPSA) is 26.3 Å². The van der Waals surface area contributed by atoms with Gasteiger partial charge in [0.2, 0.25) is 0 Å². The van der Waals surface area contributed by atoms with E-state index in [-0.39, 0.29) is 0 Å². The lowest BCUT2D eigenvalue weighted by Gasteiger charge is -1.99. The molecule has 1 aromatic rings. The first-order valence-electron chi connectivity index (χ1n) is 3.56. The third kappa shape index (κ3) is 3.40. The Labute approximate surface area is 77.2 Å². The van der Waals surface area contributed by atoms with Gasteiger partial charge < -0.3 is 4.52 Å². The fraction of sp³-hybridized carbons (Fsp3) is 0.250. The minimum atomic E-state index is -2.32. The molecule has 1 aromatic carbocycles. The van der Waals surface area contributed by atoms with Gasteiger partial charge in [-0.15, -0.1) is 0 Å². The van der Waals surface area contributed by atoms with Gasteiger partial charge in [0.1, 0.15) is 0 Å². The van der Waals surface area contributed by atoms with Gasteiger partial charge in [-0.05, 0) is 23.7 Å². The van der Waals surface area contributed by atoms with E-state index >= 15 is 0 Å². The van der Waals surface area contributed by atoms with Crippen molar-refractivity contribution in [2.45, 2.75) is 13.5 Å². The summed E-state index contributed by atoms with van der Waals surface area (Å²) in [5.74, 6) is 0. The van der Waals surface area contributed by atoms with Crippen molar-refractivity contribution in [3.05, 3.63) is 35.4 Å². The van der Waals surface area contributed by atoms with Crippen molar-refractivity contribution < 1.29 is 9.09 Å². The fourth-order valence-electron chi connectivity index (χ4n) is 0.824. The van der Waals surface area contributed by atoms with Gasteiger partial charge in [0, 0.05) is 0 Å². The van der Waals surface area contributed by atoms with Gasteiger partial charge in [-0.2, -0.15) is 0 Å². The molecule has 0 aliphatic rings. The molecule has 12 heavy (non-hydrogen) atoms. The summed E-state index contributed by atoms with van der Waals surface area (Å²) in [7, 11) is -2.32. The van der Waals surface area contributed by atoms with E-state index in [9.17, 15) is 4.57 Å². The molecule has 1 atom stereocenters. The van der Waals surface area contributed by atoms with Crippen LogP contribution in [-0.2, 0) is 15.7 Å². The molecular weight excluding hydrogens is 195 g/mol. The number of aryl methyl sites for hydroxylation is 1. The average Bonchev–Trinajstić information content (AvgIpc) is 2.03. The van der Waals surface area contributed by atoms with Crippen LogP contribution in [0.15, 0.2) is 24.3 Å². The highest BCUT2D eigenvalue weighted by Gasteiger charge is 1.94. The Hall–Kier alpha value is -0.300. The third-order valence-corrected chi connectivity index (χ3v) is 2.17. The van der Waals surface area contributed by atoms with E-state index in [0.717, 1.165) is 5.56 Å². The molecule has 0 N–H and O–H groups in total. The Bertz CT molecular complexity index is 271. The standard InChI is InChI=1S/C8H10ClO2P/c1-7-2-4-8(5-3-7)6-11-12(9)10/h2-5,12H,6H2,1H3. The summed E-state index contributed by atoms with van der Waals surface area (Å²) in [4.78, 5) is 0. The fourth-order valence-corrected chi connectivity index (χ4v) is 1.27. The molecular formula is C8H10ClO2P. The Morgan fingerprint density at radius 3 is 2.50 bits per heavy atom. The van der Waals surface area contributed by atoms with Crippen molar-refractivity contribution in [3.63, 3.8) is 0 Å². The Morgan fingerprint density at radius 1 is 1.42 bits per heavy atom. The molecule has 1 unspecified atom stereocenters. The molecule has 0 amide bonds. The van der Waals surface area contributed by atoms with E-state index in [1.54, 1.807) is 0 Å². The molecule has 0 saturated carbocycles. The van der Waals surface area contributed by atoms with E-state index in [0.29, 0.717) is 6.61 Å². The van der Waals surface area contributed by atoms with Crippen LogP contribution < -0.4 is 0 Å². The molecule has 0 aliphatic heterocycles. The van der Waals surface area contributed by atoms with Crippen molar-refractivity contribution in [2.75, 3.05) is 0 Å².